The molecule has 80 valence electrons. The summed E-state index contributed by atoms with van der Waals surface area (Å²) in [5, 5.41) is 3.32. The molecule has 2 fully saturated rings. The van der Waals surface area contributed by atoms with Crippen molar-refractivity contribution in [3.8, 4) is 0 Å². The Morgan fingerprint density at radius 2 is 1.93 bits per heavy atom. The molecule has 2 aliphatic carbocycles. The Morgan fingerprint density at radius 1 is 1.21 bits per heavy atom. The molecule has 0 aromatic rings. The highest BCUT2D eigenvalue weighted by Gasteiger charge is 2.28. The summed E-state index contributed by atoms with van der Waals surface area (Å²) in [7, 11) is 0. The van der Waals surface area contributed by atoms with Crippen LogP contribution in [-0.4, -0.2) is 17.8 Å². The predicted octanol–water partition coefficient (Wildman–Crippen LogP) is 2.31. The second-order valence-electron chi connectivity index (χ2n) is 4.58. The number of carbonyl (C=O) groups is 1. The number of carbonyl (C=O) groups excluding carboxylic acids is 1. The zero-order chi connectivity index (χ0) is 9.97. The molecule has 1 amide bonds. The third-order valence-electron chi connectivity index (χ3n) is 3.58. The summed E-state index contributed by atoms with van der Waals surface area (Å²) < 4.78 is 0. The first-order chi connectivity index (χ1) is 6.77. The van der Waals surface area contributed by atoms with Gasteiger partial charge in [0.05, 0.1) is 0 Å². The van der Waals surface area contributed by atoms with Crippen LogP contribution in [0.15, 0.2) is 0 Å². The molecule has 0 heterocycles. The summed E-state index contributed by atoms with van der Waals surface area (Å²) in [6.07, 6.45) is 6.91. The van der Waals surface area contributed by atoms with E-state index in [1.165, 1.54) is 19.3 Å². The Kier molecular flexibility index (Phi) is 3.32. The summed E-state index contributed by atoms with van der Waals surface area (Å²) >= 11 is 6.14. The Labute approximate surface area is 90.4 Å². The molecule has 2 saturated carbocycles. The minimum atomic E-state index is 0.256. The third kappa shape index (κ3) is 2.22. The molecule has 2 rings (SSSR count). The summed E-state index contributed by atoms with van der Waals surface area (Å²) in [5.41, 5.74) is 0. The SMILES string of the molecule is O=C(NCC1CCCC1Cl)C1CCC1. The minimum absolute atomic E-state index is 0.256. The molecule has 0 aromatic heterocycles. The van der Waals surface area contributed by atoms with Gasteiger partial charge in [-0.05, 0) is 31.6 Å². The molecule has 2 unspecified atom stereocenters. The van der Waals surface area contributed by atoms with Crippen molar-refractivity contribution >= 4 is 17.5 Å². The zero-order valence-corrected chi connectivity index (χ0v) is 9.22. The molecule has 2 atom stereocenters. The first-order valence-corrected chi connectivity index (χ1v) is 6.13. The maximum atomic E-state index is 11.5. The van der Waals surface area contributed by atoms with Gasteiger partial charge >= 0.3 is 0 Å². The van der Waals surface area contributed by atoms with Crippen LogP contribution in [0.1, 0.15) is 38.5 Å². The van der Waals surface area contributed by atoms with Crippen molar-refractivity contribution in [1.82, 2.24) is 5.32 Å². The van der Waals surface area contributed by atoms with Gasteiger partial charge in [0.25, 0.3) is 0 Å². The number of nitrogens with one attached hydrogen (secondary N) is 1. The molecule has 0 aromatic carbocycles. The molecule has 1 N–H and O–H groups in total. The highest BCUT2D eigenvalue weighted by Crippen LogP contribution is 2.30. The maximum absolute atomic E-state index is 11.5. The highest BCUT2D eigenvalue weighted by molar-refractivity contribution is 6.20. The first-order valence-electron chi connectivity index (χ1n) is 5.69. The topological polar surface area (TPSA) is 29.1 Å². The summed E-state index contributed by atoms with van der Waals surface area (Å²) in [6.45, 7) is 0.795. The van der Waals surface area contributed by atoms with Gasteiger partial charge in [-0.3, -0.25) is 4.79 Å². The molecule has 0 radical (unpaired) electrons. The molecular weight excluding hydrogens is 198 g/mol. The average Bonchev–Trinajstić information content (AvgIpc) is 2.44. The molecule has 2 nitrogen and oxygen atoms in total. The highest BCUT2D eigenvalue weighted by atomic mass is 35.5. The van der Waals surface area contributed by atoms with Gasteiger partial charge in [-0.15, -0.1) is 11.6 Å². The lowest BCUT2D eigenvalue weighted by atomic mass is 9.85. The smallest absolute Gasteiger partial charge is 0.223 e. The zero-order valence-electron chi connectivity index (χ0n) is 8.47. The molecule has 3 heteroatoms. The number of hydrogen-bond acceptors (Lipinski definition) is 1. The van der Waals surface area contributed by atoms with Gasteiger partial charge < -0.3 is 5.32 Å². The van der Waals surface area contributed by atoms with E-state index in [1.807, 2.05) is 0 Å². The van der Waals surface area contributed by atoms with Crippen molar-refractivity contribution < 1.29 is 4.79 Å². The van der Waals surface area contributed by atoms with E-state index in [1.54, 1.807) is 0 Å². The van der Waals surface area contributed by atoms with Crippen LogP contribution in [0, 0.1) is 11.8 Å². The number of alkyl halides is 1. The van der Waals surface area contributed by atoms with Crippen LogP contribution in [-0.2, 0) is 4.79 Å². The summed E-state index contributed by atoms with van der Waals surface area (Å²) in [6, 6.07) is 0. The molecule has 0 spiro atoms. The van der Waals surface area contributed by atoms with Gasteiger partial charge in [-0.1, -0.05) is 12.8 Å². The van der Waals surface area contributed by atoms with Gasteiger partial charge in [0.15, 0.2) is 0 Å². The van der Waals surface area contributed by atoms with E-state index in [2.05, 4.69) is 5.32 Å². The standard InChI is InChI=1S/C11H18ClNO/c12-10-6-2-5-9(10)7-13-11(14)8-3-1-4-8/h8-10H,1-7H2,(H,13,14). The normalized spacial score (nSPS) is 32.6. The Hall–Kier alpha value is -0.240. The van der Waals surface area contributed by atoms with E-state index in [0.717, 1.165) is 25.8 Å². The fraction of sp³-hybridized carbons (Fsp3) is 0.909. The second-order valence-corrected chi connectivity index (χ2v) is 5.14. The van der Waals surface area contributed by atoms with E-state index < -0.39 is 0 Å². The van der Waals surface area contributed by atoms with Gasteiger partial charge in [0.1, 0.15) is 0 Å². The fourth-order valence-electron chi connectivity index (χ4n) is 2.27. The van der Waals surface area contributed by atoms with Crippen LogP contribution >= 0.6 is 11.6 Å². The van der Waals surface area contributed by atoms with Crippen LogP contribution in [0.5, 0.6) is 0 Å². The lowest BCUT2D eigenvalue weighted by Gasteiger charge is -2.25. The average molecular weight is 216 g/mol. The second kappa shape index (κ2) is 4.52. The molecule has 0 saturated heterocycles. The Balaban J connectivity index is 1.68. The summed E-state index contributed by atoms with van der Waals surface area (Å²) in [4.78, 5) is 11.5. The molecule has 2 aliphatic rings. The van der Waals surface area contributed by atoms with Crippen molar-refractivity contribution in [2.24, 2.45) is 11.8 Å². The molecular formula is C11H18ClNO. The van der Waals surface area contributed by atoms with Crippen molar-refractivity contribution in [3.63, 3.8) is 0 Å². The van der Waals surface area contributed by atoms with Gasteiger partial charge in [-0.25, -0.2) is 0 Å². The number of amides is 1. The van der Waals surface area contributed by atoms with E-state index in [-0.39, 0.29) is 11.3 Å². The van der Waals surface area contributed by atoms with E-state index in [0.29, 0.717) is 11.8 Å². The largest absolute Gasteiger partial charge is 0.356 e. The van der Waals surface area contributed by atoms with E-state index >= 15 is 0 Å². The Bertz CT molecular complexity index is 215. The van der Waals surface area contributed by atoms with Crippen LogP contribution < -0.4 is 5.32 Å². The number of halogens is 1. The predicted molar refractivity (Wildman–Crippen MR) is 57.3 cm³/mol. The van der Waals surface area contributed by atoms with Crippen molar-refractivity contribution in [3.05, 3.63) is 0 Å². The molecule has 0 bridgehead atoms. The Morgan fingerprint density at radius 3 is 2.43 bits per heavy atom. The minimum Gasteiger partial charge on any atom is -0.356 e. The first kappa shape index (κ1) is 10.3. The van der Waals surface area contributed by atoms with Crippen LogP contribution in [0.2, 0.25) is 0 Å². The van der Waals surface area contributed by atoms with Crippen LogP contribution in [0.25, 0.3) is 0 Å². The van der Waals surface area contributed by atoms with Gasteiger partial charge in [0, 0.05) is 17.8 Å². The quantitative estimate of drug-likeness (QED) is 0.720. The van der Waals surface area contributed by atoms with Gasteiger partial charge in [-0.2, -0.15) is 0 Å². The van der Waals surface area contributed by atoms with Gasteiger partial charge in [0.2, 0.25) is 5.91 Å². The third-order valence-corrected chi connectivity index (χ3v) is 4.16. The van der Waals surface area contributed by atoms with Crippen molar-refractivity contribution in [2.75, 3.05) is 6.54 Å². The fourth-order valence-corrected chi connectivity index (χ4v) is 2.64. The van der Waals surface area contributed by atoms with E-state index in [9.17, 15) is 4.79 Å². The van der Waals surface area contributed by atoms with Crippen molar-refractivity contribution in [1.29, 1.82) is 0 Å². The number of rotatable bonds is 3. The lowest BCUT2D eigenvalue weighted by Crippen LogP contribution is -2.38. The lowest BCUT2D eigenvalue weighted by molar-refractivity contribution is -0.127. The van der Waals surface area contributed by atoms with Crippen LogP contribution in [0.4, 0.5) is 0 Å². The van der Waals surface area contributed by atoms with Crippen LogP contribution in [0.3, 0.4) is 0 Å². The maximum Gasteiger partial charge on any atom is 0.223 e. The monoisotopic (exact) mass is 215 g/mol. The molecule has 0 aliphatic heterocycles. The number of hydrogen-bond donors (Lipinski definition) is 1. The summed E-state index contributed by atoms with van der Waals surface area (Å²) in [5.74, 6) is 1.08. The van der Waals surface area contributed by atoms with Crippen molar-refractivity contribution in [2.45, 2.75) is 43.9 Å². The molecule has 14 heavy (non-hydrogen) atoms. The van der Waals surface area contributed by atoms with E-state index in [4.69, 9.17) is 11.6 Å².